The maximum absolute atomic E-state index is 12.7. The van der Waals surface area contributed by atoms with E-state index in [1.807, 2.05) is 12.1 Å². The Labute approximate surface area is 129 Å². The molecule has 0 radical (unpaired) electrons. The van der Waals surface area contributed by atoms with Gasteiger partial charge >= 0.3 is 0 Å². The third-order valence-corrected chi connectivity index (χ3v) is 4.43. The summed E-state index contributed by atoms with van der Waals surface area (Å²) < 4.78 is 0. The van der Waals surface area contributed by atoms with Crippen LogP contribution in [-0.2, 0) is 22.6 Å². The molecular formula is C17H20N2O3. The van der Waals surface area contributed by atoms with Crippen molar-refractivity contribution < 1.29 is 14.4 Å². The van der Waals surface area contributed by atoms with E-state index in [0.29, 0.717) is 31.4 Å². The first-order valence-electron chi connectivity index (χ1n) is 7.87. The summed E-state index contributed by atoms with van der Waals surface area (Å²) in [4.78, 5) is 37.9. The monoisotopic (exact) mass is 300 g/mol. The zero-order chi connectivity index (χ0) is 15.7. The minimum absolute atomic E-state index is 0.0950. The highest BCUT2D eigenvalue weighted by Gasteiger charge is 2.38. The first-order chi connectivity index (χ1) is 10.6. The molecule has 1 saturated heterocycles. The normalized spacial score (nSPS) is 21.6. The highest BCUT2D eigenvalue weighted by atomic mass is 16.2. The summed E-state index contributed by atoms with van der Waals surface area (Å²) in [6.07, 6.45) is 3.46. The lowest BCUT2D eigenvalue weighted by Crippen LogP contribution is -2.46. The number of hydrogen-bond donors (Lipinski definition) is 1. The van der Waals surface area contributed by atoms with Gasteiger partial charge in [-0.2, -0.15) is 0 Å². The van der Waals surface area contributed by atoms with Crippen LogP contribution in [0.4, 0.5) is 0 Å². The van der Waals surface area contributed by atoms with Gasteiger partial charge < -0.3 is 4.90 Å². The molecule has 5 heteroatoms. The molecule has 3 rings (SSSR count). The minimum Gasteiger partial charge on any atom is -0.322 e. The van der Waals surface area contributed by atoms with Gasteiger partial charge in [0.15, 0.2) is 0 Å². The molecule has 22 heavy (non-hydrogen) atoms. The summed E-state index contributed by atoms with van der Waals surface area (Å²) >= 11 is 0. The van der Waals surface area contributed by atoms with Gasteiger partial charge in [0.05, 0.1) is 0 Å². The van der Waals surface area contributed by atoms with Crippen LogP contribution < -0.4 is 5.32 Å². The maximum atomic E-state index is 12.7. The zero-order valence-corrected chi connectivity index (χ0v) is 12.7. The molecule has 0 saturated carbocycles. The van der Waals surface area contributed by atoms with Crippen molar-refractivity contribution in [3.8, 4) is 0 Å². The third kappa shape index (κ3) is 2.51. The van der Waals surface area contributed by atoms with Crippen LogP contribution >= 0.6 is 0 Å². The number of imide groups is 1. The van der Waals surface area contributed by atoms with Crippen LogP contribution in [0.2, 0.25) is 0 Å². The Bertz CT molecular complexity index is 639. The van der Waals surface area contributed by atoms with E-state index in [-0.39, 0.29) is 17.7 Å². The lowest BCUT2D eigenvalue weighted by Gasteiger charge is -2.24. The van der Waals surface area contributed by atoms with Crippen molar-refractivity contribution in [3.63, 3.8) is 0 Å². The molecule has 0 aliphatic carbocycles. The van der Waals surface area contributed by atoms with E-state index in [9.17, 15) is 14.4 Å². The molecule has 0 aromatic heterocycles. The highest BCUT2D eigenvalue weighted by Crippen LogP contribution is 2.30. The van der Waals surface area contributed by atoms with Gasteiger partial charge in [0, 0.05) is 18.5 Å². The number of fused-ring (bicyclic) bond motifs is 1. The van der Waals surface area contributed by atoms with Crippen molar-refractivity contribution in [3.05, 3.63) is 34.9 Å². The molecular weight excluding hydrogens is 280 g/mol. The second kappa shape index (κ2) is 5.91. The van der Waals surface area contributed by atoms with Crippen LogP contribution in [0.15, 0.2) is 18.2 Å². The smallest absolute Gasteiger partial charge is 0.255 e. The molecule has 1 aromatic rings. The molecule has 0 bridgehead atoms. The average Bonchev–Trinajstić information content (AvgIpc) is 2.72. The fourth-order valence-electron chi connectivity index (χ4n) is 3.34. The van der Waals surface area contributed by atoms with Crippen LogP contribution in [0.3, 0.4) is 0 Å². The Balaban J connectivity index is 1.88. The second-order valence-electron chi connectivity index (χ2n) is 5.95. The lowest BCUT2D eigenvalue weighted by atomic mass is 10.00. The number of nitrogens with zero attached hydrogens (tertiary/aromatic N) is 1. The third-order valence-electron chi connectivity index (χ3n) is 4.43. The number of amides is 3. The van der Waals surface area contributed by atoms with E-state index < -0.39 is 6.04 Å². The Hall–Kier alpha value is -2.17. The second-order valence-corrected chi connectivity index (χ2v) is 5.95. The number of benzene rings is 1. The molecule has 5 nitrogen and oxygen atoms in total. The van der Waals surface area contributed by atoms with Crippen LogP contribution in [0, 0.1) is 0 Å². The molecule has 2 aliphatic heterocycles. The predicted molar refractivity (Wildman–Crippen MR) is 81.1 cm³/mol. The van der Waals surface area contributed by atoms with Gasteiger partial charge in [-0.3, -0.25) is 19.7 Å². The van der Waals surface area contributed by atoms with Gasteiger partial charge in [-0.25, -0.2) is 0 Å². The molecule has 2 heterocycles. The van der Waals surface area contributed by atoms with Gasteiger partial charge in [0.2, 0.25) is 11.8 Å². The summed E-state index contributed by atoms with van der Waals surface area (Å²) in [5.74, 6) is -0.688. The lowest BCUT2D eigenvalue weighted by molar-refractivity contribution is -0.132. The first kappa shape index (κ1) is 14.8. The maximum Gasteiger partial charge on any atom is 0.255 e. The molecule has 2 aliphatic rings. The van der Waals surface area contributed by atoms with Gasteiger partial charge in [-0.15, -0.1) is 0 Å². The van der Waals surface area contributed by atoms with Crippen molar-refractivity contribution >= 4 is 17.7 Å². The molecule has 1 aromatic carbocycles. The Morgan fingerprint density at radius 3 is 2.86 bits per heavy atom. The van der Waals surface area contributed by atoms with Crippen LogP contribution in [0.5, 0.6) is 0 Å². The Morgan fingerprint density at radius 1 is 1.27 bits per heavy atom. The molecule has 0 unspecified atom stereocenters. The Morgan fingerprint density at radius 2 is 2.09 bits per heavy atom. The fourth-order valence-corrected chi connectivity index (χ4v) is 3.34. The molecule has 116 valence electrons. The number of carbonyl (C=O) groups excluding carboxylic acids is 3. The topological polar surface area (TPSA) is 66.5 Å². The van der Waals surface area contributed by atoms with Crippen LogP contribution in [0.1, 0.15) is 54.1 Å². The van der Waals surface area contributed by atoms with Crippen LogP contribution in [-0.4, -0.2) is 28.7 Å². The fraction of sp³-hybridized carbons (Fsp3) is 0.471. The van der Waals surface area contributed by atoms with E-state index in [0.717, 1.165) is 18.4 Å². The van der Waals surface area contributed by atoms with Crippen molar-refractivity contribution in [2.75, 3.05) is 0 Å². The quantitative estimate of drug-likeness (QED) is 0.865. The Kier molecular flexibility index (Phi) is 3.96. The van der Waals surface area contributed by atoms with Gasteiger partial charge in [0.1, 0.15) is 6.04 Å². The SMILES string of the molecule is CCCc1cccc2c1CN([C@H]1CCCC(=O)NC1=O)C2=O. The predicted octanol–water partition coefficient (Wildman–Crippen LogP) is 1.79. The molecule has 1 atom stereocenters. The number of rotatable bonds is 3. The molecule has 0 spiro atoms. The minimum atomic E-state index is -0.541. The number of aryl methyl sites for hydroxylation is 1. The van der Waals surface area contributed by atoms with E-state index in [1.165, 1.54) is 5.56 Å². The average molecular weight is 300 g/mol. The van der Waals surface area contributed by atoms with Crippen LogP contribution in [0.25, 0.3) is 0 Å². The molecule has 1 N–H and O–H groups in total. The van der Waals surface area contributed by atoms with E-state index in [1.54, 1.807) is 4.90 Å². The standard InChI is InChI=1S/C17H20N2O3/c1-2-5-11-6-3-7-12-13(11)10-19(17(12)22)14-8-4-9-15(20)18-16(14)21/h3,6-7,14H,2,4-5,8-10H2,1H3,(H,18,20,21)/t14-/m0/s1. The summed E-state index contributed by atoms with van der Waals surface area (Å²) in [5.41, 5.74) is 2.92. The van der Waals surface area contributed by atoms with E-state index in [4.69, 9.17) is 0 Å². The summed E-state index contributed by atoms with van der Waals surface area (Å²) in [5, 5.41) is 2.38. The van der Waals surface area contributed by atoms with E-state index in [2.05, 4.69) is 18.3 Å². The number of carbonyl (C=O) groups is 3. The van der Waals surface area contributed by atoms with Gasteiger partial charge in [0.25, 0.3) is 5.91 Å². The summed E-state index contributed by atoms with van der Waals surface area (Å²) in [7, 11) is 0. The first-order valence-corrected chi connectivity index (χ1v) is 7.87. The number of hydrogen-bond acceptors (Lipinski definition) is 3. The van der Waals surface area contributed by atoms with E-state index >= 15 is 0 Å². The largest absolute Gasteiger partial charge is 0.322 e. The number of nitrogens with one attached hydrogen (secondary N) is 1. The van der Waals surface area contributed by atoms with Gasteiger partial charge in [-0.1, -0.05) is 25.5 Å². The molecule has 1 fully saturated rings. The van der Waals surface area contributed by atoms with Crippen molar-refractivity contribution in [1.29, 1.82) is 0 Å². The summed E-state index contributed by atoms with van der Waals surface area (Å²) in [6, 6.07) is 5.25. The zero-order valence-electron chi connectivity index (χ0n) is 12.7. The summed E-state index contributed by atoms with van der Waals surface area (Å²) in [6.45, 7) is 2.58. The van der Waals surface area contributed by atoms with Crippen molar-refractivity contribution in [2.45, 2.75) is 51.6 Å². The van der Waals surface area contributed by atoms with Gasteiger partial charge in [-0.05, 0) is 36.5 Å². The van der Waals surface area contributed by atoms with Crippen molar-refractivity contribution in [1.82, 2.24) is 10.2 Å². The molecule has 3 amide bonds. The highest BCUT2D eigenvalue weighted by molar-refractivity contribution is 6.04. The van der Waals surface area contributed by atoms with Crippen molar-refractivity contribution in [2.24, 2.45) is 0 Å².